The van der Waals surface area contributed by atoms with Crippen LogP contribution in [0.5, 0.6) is 11.5 Å². The first-order valence-corrected chi connectivity index (χ1v) is 10.1. The third kappa shape index (κ3) is 3.73. The average molecular weight is 396 g/mol. The van der Waals surface area contributed by atoms with E-state index in [4.69, 9.17) is 9.47 Å². The van der Waals surface area contributed by atoms with Crippen LogP contribution in [0.25, 0.3) is 11.3 Å². The Labute approximate surface area is 167 Å². The number of ether oxygens (including phenoxy) is 2. The standard InChI is InChI=1S/C20H20N4O3S/c1-3-24-13(2)15(11-22-24)16-6-7-21-20(23-16)28-12-17(25)14-4-5-18-19(10-14)27-9-8-26-18/h4-7,10-11H,3,8-9,12H2,1-2H3. The molecule has 0 aliphatic carbocycles. The molecule has 0 fully saturated rings. The van der Waals surface area contributed by atoms with E-state index in [1.165, 1.54) is 11.8 Å². The highest BCUT2D eigenvalue weighted by Crippen LogP contribution is 2.31. The lowest BCUT2D eigenvalue weighted by molar-refractivity contribution is 0.102. The number of hydrogen-bond acceptors (Lipinski definition) is 7. The molecule has 0 spiro atoms. The van der Waals surface area contributed by atoms with Crippen LogP contribution in [0.2, 0.25) is 0 Å². The Morgan fingerprint density at radius 2 is 2.04 bits per heavy atom. The summed E-state index contributed by atoms with van der Waals surface area (Å²) in [6.45, 7) is 5.90. The Kier molecular flexibility index (Phi) is 5.29. The first-order chi connectivity index (χ1) is 13.7. The number of carbonyl (C=O) groups is 1. The van der Waals surface area contributed by atoms with E-state index < -0.39 is 0 Å². The summed E-state index contributed by atoms with van der Waals surface area (Å²) in [5.41, 5.74) is 3.43. The molecule has 0 radical (unpaired) electrons. The van der Waals surface area contributed by atoms with Crippen molar-refractivity contribution in [1.29, 1.82) is 0 Å². The molecule has 144 valence electrons. The number of benzene rings is 1. The fourth-order valence-electron chi connectivity index (χ4n) is 3.01. The van der Waals surface area contributed by atoms with Crippen LogP contribution in [0.15, 0.2) is 41.8 Å². The van der Waals surface area contributed by atoms with Crippen molar-refractivity contribution in [3.05, 3.63) is 47.9 Å². The Morgan fingerprint density at radius 1 is 1.21 bits per heavy atom. The third-order valence-electron chi connectivity index (χ3n) is 4.51. The Hall–Kier alpha value is -2.87. The monoisotopic (exact) mass is 396 g/mol. The molecule has 7 nitrogen and oxygen atoms in total. The fraction of sp³-hybridized carbons (Fsp3) is 0.300. The maximum atomic E-state index is 12.6. The second-order valence-electron chi connectivity index (χ2n) is 6.25. The highest BCUT2D eigenvalue weighted by atomic mass is 32.2. The van der Waals surface area contributed by atoms with Crippen LogP contribution in [-0.4, -0.2) is 44.5 Å². The largest absolute Gasteiger partial charge is 0.486 e. The van der Waals surface area contributed by atoms with Crippen LogP contribution in [0.1, 0.15) is 23.0 Å². The first kappa shape index (κ1) is 18.5. The van der Waals surface area contributed by atoms with Crippen LogP contribution in [-0.2, 0) is 6.54 Å². The number of ketones is 1. The van der Waals surface area contributed by atoms with Gasteiger partial charge in [0.25, 0.3) is 0 Å². The van der Waals surface area contributed by atoms with Gasteiger partial charge in [-0.1, -0.05) is 11.8 Å². The summed E-state index contributed by atoms with van der Waals surface area (Å²) in [5.74, 6) is 1.53. The number of aromatic nitrogens is 4. The van der Waals surface area contributed by atoms with Crippen LogP contribution < -0.4 is 9.47 Å². The van der Waals surface area contributed by atoms with Gasteiger partial charge in [0, 0.05) is 29.6 Å². The molecule has 0 atom stereocenters. The lowest BCUT2D eigenvalue weighted by Crippen LogP contribution is -2.16. The zero-order valence-corrected chi connectivity index (χ0v) is 16.5. The summed E-state index contributed by atoms with van der Waals surface area (Å²) in [5, 5.41) is 4.92. The number of thioether (sulfide) groups is 1. The fourth-order valence-corrected chi connectivity index (χ4v) is 3.73. The van der Waals surface area contributed by atoms with Gasteiger partial charge in [-0.15, -0.1) is 0 Å². The molecule has 1 aliphatic heterocycles. The first-order valence-electron chi connectivity index (χ1n) is 9.07. The van der Waals surface area contributed by atoms with E-state index in [0.29, 0.717) is 35.4 Å². The van der Waals surface area contributed by atoms with Crippen molar-refractivity contribution in [2.24, 2.45) is 0 Å². The van der Waals surface area contributed by atoms with E-state index in [1.807, 2.05) is 23.9 Å². The summed E-state index contributed by atoms with van der Waals surface area (Å²) < 4.78 is 13.0. The number of carbonyl (C=O) groups excluding carboxylic acids is 1. The maximum Gasteiger partial charge on any atom is 0.188 e. The smallest absolute Gasteiger partial charge is 0.188 e. The van der Waals surface area contributed by atoms with E-state index in [2.05, 4.69) is 22.0 Å². The van der Waals surface area contributed by atoms with E-state index >= 15 is 0 Å². The highest BCUT2D eigenvalue weighted by molar-refractivity contribution is 7.99. The van der Waals surface area contributed by atoms with Crippen molar-refractivity contribution in [3.8, 4) is 22.8 Å². The Bertz CT molecular complexity index is 1020. The van der Waals surface area contributed by atoms with Crippen molar-refractivity contribution in [2.75, 3.05) is 19.0 Å². The van der Waals surface area contributed by atoms with Crippen LogP contribution >= 0.6 is 11.8 Å². The minimum Gasteiger partial charge on any atom is -0.486 e. The van der Waals surface area contributed by atoms with Crippen LogP contribution in [0, 0.1) is 6.92 Å². The Balaban J connectivity index is 1.46. The maximum absolute atomic E-state index is 12.6. The van der Waals surface area contributed by atoms with Crippen molar-refractivity contribution in [2.45, 2.75) is 25.5 Å². The number of rotatable bonds is 6. The van der Waals surface area contributed by atoms with E-state index in [9.17, 15) is 4.79 Å². The van der Waals surface area contributed by atoms with Crippen molar-refractivity contribution in [1.82, 2.24) is 19.7 Å². The van der Waals surface area contributed by atoms with Gasteiger partial charge in [-0.2, -0.15) is 5.10 Å². The SMILES string of the molecule is CCn1ncc(-c2ccnc(SCC(=O)c3ccc4c(c3)OCCO4)n2)c1C. The number of Topliss-reactive ketones (excluding diaryl/α,β-unsaturated/α-hetero) is 1. The minimum absolute atomic E-state index is 0.00837. The second-order valence-corrected chi connectivity index (χ2v) is 7.20. The van der Waals surface area contributed by atoms with Gasteiger partial charge in [-0.25, -0.2) is 9.97 Å². The van der Waals surface area contributed by atoms with Gasteiger partial charge in [0.05, 0.1) is 17.6 Å². The lowest BCUT2D eigenvalue weighted by atomic mass is 10.1. The predicted octanol–water partition coefficient (Wildman–Crippen LogP) is 3.41. The molecule has 0 N–H and O–H groups in total. The van der Waals surface area contributed by atoms with Crippen LogP contribution in [0.3, 0.4) is 0 Å². The number of hydrogen-bond donors (Lipinski definition) is 0. The van der Waals surface area contributed by atoms with Gasteiger partial charge in [0.2, 0.25) is 0 Å². The van der Waals surface area contributed by atoms with Gasteiger partial charge in [0.1, 0.15) is 13.2 Å². The molecule has 8 heteroatoms. The molecule has 4 rings (SSSR count). The lowest BCUT2D eigenvalue weighted by Gasteiger charge is -2.18. The van der Waals surface area contributed by atoms with Crippen molar-refractivity contribution < 1.29 is 14.3 Å². The van der Waals surface area contributed by atoms with Crippen molar-refractivity contribution in [3.63, 3.8) is 0 Å². The molecular weight excluding hydrogens is 376 g/mol. The van der Waals surface area contributed by atoms with Gasteiger partial charge in [0.15, 0.2) is 22.4 Å². The predicted molar refractivity (Wildman–Crippen MR) is 106 cm³/mol. The molecule has 3 heterocycles. The van der Waals surface area contributed by atoms with E-state index in [0.717, 1.165) is 23.5 Å². The van der Waals surface area contributed by atoms with Gasteiger partial charge >= 0.3 is 0 Å². The molecule has 28 heavy (non-hydrogen) atoms. The summed E-state index contributed by atoms with van der Waals surface area (Å²) in [7, 11) is 0. The summed E-state index contributed by atoms with van der Waals surface area (Å²) >= 11 is 1.32. The summed E-state index contributed by atoms with van der Waals surface area (Å²) in [6.07, 6.45) is 3.53. The molecule has 0 bridgehead atoms. The Morgan fingerprint density at radius 3 is 2.82 bits per heavy atom. The molecule has 0 saturated heterocycles. The average Bonchev–Trinajstić information content (AvgIpc) is 3.12. The molecule has 0 saturated carbocycles. The molecule has 2 aromatic heterocycles. The van der Waals surface area contributed by atoms with E-state index in [-0.39, 0.29) is 11.5 Å². The van der Waals surface area contributed by atoms with E-state index in [1.54, 1.807) is 24.4 Å². The highest BCUT2D eigenvalue weighted by Gasteiger charge is 2.16. The summed E-state index contributed by atoms with van der Waals surface area (Å²) in [4.78, 5) is 21.4. The number of fused-ring (bicyclic) bond motifs is 1. The second kappa shape index (κ2) is 8.02. The zero-order valence-electron chi connectivity index (χ0n) is 15.7. The topological polar surface area (TPSA) is 79.1 Å². The van der Waals surface area contributed by atoms with Gasteiger partial charge < -0.3 is 9.47 Å². The van der Waals surface area contributed by atoms with Crippen molar-refractivity contribution >= 4 is 17.5 Å². The molecule has 0 amide bonds. The van der Waals surface area contributed by atoms with Gasteiger partial charge in [-0.05, 0) is 38.1 Å². The third-order valence-corrected chi connectivity index (χ3v) is 5.37. The number of nitrogens with zero attached hydrogens (tertiary/aromatic N) is 4. The molecule has 1 aliphatic rings. The summed E-state index contributed by atoms with van der Waals surface area (Å²) in [6, 6.07) is 7.13. The number of aryl methyl sites for hydroxylation is 1. The molecule has 0 unspecified atom stereocenters. The quantitative estimate of drug-likeness (QED) is 0.359. The van der Waals surface area contributed by atoms with Crippen LogP contribution in [0.4, 0.5) is 0 Å². The molecular formula is C20H20N4O3S. The van der Waals surface area contributed by atoms with Gasteiger partial charge in [-0.3, -0.25) is 9.48 Å². The zero-order chi connectivity index (χ0) is 19.5. The minimum atomic E-state index is -0.00837. The molecule has 1 aromatic carbocycles. The normalized spacial score (nSPS) is 12.8. The molecule has 3 aromatic rings.